The zero-order valence-electron chi connectivity index (χ0n) is 12.4. The molecule has 0 aliphatic carbocycles. The third-order valence-corrected chi connectivity index (χ3v) is 3.57. The Bertz CT molecular complexity index is 656. The van der Waals surface area contributed by atoms with E-state index in [4.69, 9.17) is 23.2 Å². The van der Waals surface area contributed by atoms with E-state index in [1.807, 2.05) is 13.8 Å². The van der Waals surface area contributed by atoms with Gasteiger partial charge in [-0.1, -0.05) is 30.1 Å². The number of nitrogens with one attached hydrogen (secondary N) is 2. The van der Waals surface area contributed by atoms with Gasteiger partial charge in [0.05, 0.1) is 0 Å². The number of pyridine rings is 1. The van der Waals surface area contributed by atoms with E-state index in [0.717, 1.165) is 17.8 Å². The van der Waals surface area contributed by atoms with Crippen LogP contribution in [0.15, 0.2) is 36.5 Å². The molecule has 2 aromatic rings. The van der Waals surface area contributed by atoms with Crippen molar-refractivity contribution in [2.75, 3.05) is 5.32 Å². The molecule has 0 saturated carbocycles. The molecule has 1 unspecified atom stereocenters. The summed E-state index contributed by atoms with van der Waals surface area (Å²) in [4.78, 5) is 16.2. The summed E-state index contributed by atoms with van der Waals surface area (Å²) in [6.45, 7) is 3.97. The molecule has 1 heterocycles. The van der Waals surface area contributed by atoms with E-state index in [-0.39, 0.29) is 11.9 Å². The van der Waals surface area contributed by atoms with Crippen LogP contribution in [0.1, 0.15) is 30.8 Å². The average molecular weight is 338 g/mol. The molecule has 0 aliphatic heterocycles. The Labute approximate surface area is 139 Å². The Morgan fingerprint density at radius 3 is 2.50 bits per heavy atom. The first-order valence-electron chi connectivity index (χ1n) is 6.98. The van der Waals surface area contributed by atoms with Crippen molar-refractivity contribution in [3.8, 4) is 0 Å². The van der Waals surface area contributed by atoms with Crippen molar-refractivity contribution in [1.82, 2.24) is 10.3 Å². The van der Waals surface area contributed by atoms with E-state index in [2.05, 4.69) is 15.6 Å². The Morgan fingerprint density at radius 1 is 1.18 bits per heavy atom. The number of hydrogen-bond acceptors (Lipinski definition) is 3. The molecule has 1 atom stereocenters. The van der Waals surface area contributed by atoms with Crippen LogP contribution in [-0.4, -0.2) is 16.9 Å². The summed E-state index contributed by atoms with van der Waals surface area (Å²) < 4.78 is 0. The van der Waals surface area contributed by atoms with Gasteiger partial charge in [-0.15, -0.1) is 0 Å². The smallest absolute Gasteiger partial charge is 0.270 e. The molecule has 2 rings (SSSR count). The Kier molecular flexibility index (Phi) is 5.63. The van der Waals surface area contributed by atoms with Gasteiger partial charge in [0.25, 0.3) is 5.91 Å². The summed E-state index contributed by atoms with van der Waals surface area (Å²) >= 11 is 11.9. The Balaban J connectivity index is 2.16. The average Bonchev–Trinajstić information content (AvgIpc) is 2.46. The first-order valence-corrected chi connectivity index (χ1v) is 7.73. The van der Waals surface area contributed by atoms with Crippen molar-refractivity contribution in [3.63, 3.8) is 0 Å². The number of halogens is 2. The molecule has 1 aromatic carbocycles. The fourth-order valence-electron chi connectivity index (χ4n) is 1.82. The maximum Gasteiger partial charge on any atom is 0.270 e. The second-order valence-electron chi connectivity index (χ2n) is 5.00. The molecule has 0 spiro atoms. The van der Waals surface area contributed by atoms with Crippen LogP contribution in [0, 0.1) is 0 Å². The van der Waals surface area contributed by atoms with Crippen molar-refractivity contribution in [1.29, 1.82) is 0 Å². The van der Waals surface area contributed by atoms with Crippen molar-refractivity contribution < 1.29 is 4.79 Å². The van der Waals surface area contributed by atoms with Crippen molar-refractivity contribution >= 4 is 40.5 Å². The van der Waals surface area contributed by atoms with Crippen LogP contribution in [0.3, 0.4) is 0 Å². The number of amides is 1. The van der Waals surface area contributed by atoms with Crippen LogP contribution in [0.2, 0.25) is 10.0 Å². The summed E-state index contributed by atoms with van der Waals surface area (Å²) in [5, 5.41) is 7.12. The summed E-state index contributed by atoms with van der Waals surface area (Å²) in [5.41, 5.74) is 1.85. The highest BCUT2D eigenvalue weighted by Crippen LogP contribution is 2.25. The minimum absolute atomic E-state index is 0.109. The fourth-order valence-corrected chi connectivity index (χ4v) is 2.35. The SMILES string of the molecule is CCC(C)NC(=O)c1cc(Nc2cc(Cl)cc(Cl)c2)ccn1. The van der Waals surface area contributed by atoms with E-state index in [1.165, 1.54) is 0 Å². The predicted molar refractivity (Wildman–Crippen MR) is 91.2 cm³/mol. The minimum Gasteiger partial charge on any atom is -0.355 e. The predicted octanol–water partition coefficient (Wildman–Crippen LogP) is 4.66. The van der Waals surface area contributed by atoms with Crippen LogP contribution in [0.25, 0.3) is 0 Å². The third kappa shape index (κ3) is 4.61. The van der Waals surface area contributed by atoms with Crippen LogP contribution in [0.5, 0.6) is 0 Å². The summed E-state index contributed by atoms with van der Waals surface area (Å²) in [5.74, 6) is -0.192. The fraction of sp³-hybridized carbons (Fsp3) is 0.250. The molecule has 1 aromatic heterocycles. The van der Waals surface area contributed by atoms with E-state index in [1.54, 1.807) is 36.5 Å². The first-order chi connectivity index (χ1) is 10.5. The molecule has 4 nitrogen and oxygen atoms in total. The highest BCUT2D eigenvalue weighted by molar-refractivity contribution is 6.35. The summed E-state index contributed by atoms with van der Waals surface area (Å²) in [7, 11) is 0. The molecule has 0 bridgehead atoms. The third-order valence-electron chi connectivity index (χ3n) is 3.13. The number of rotatable bonds is 5. The van der Waals surface area contributed by atoms with Crippen LogP contribution < -0.4 is 10.6 Å². The van der Waals surface area contributed by atoms with Gasteiger partial charge in [0, 0.05) is 33.7 Å². The lowest BCUT2D eigenvalue weighted by Crippen LogP contribution is -2.32. The zero-order chi connectivity index (χ0) is 16.1. The lowest BCUT2D eigenvalue weighted by Gasteiger charge is -2.12. The van der Waals surface area contributed by atoms with Gasteiger partial charge in [-0.2, -0.15) is 0 Å². The molecule has 22 heavy (non-hydrogen) atoms. The van der Waals surface area contributed by atoms with Gasteiger partial charge in [-0.3, -0.25) is 9.78 Å². The standard InChI is InChI=1S/C16H17Cl2N3O/c1-3-10(2)20-16(22)15-9-13(4-5-19-15)21-14-7-11(17)6-12(18)8-14/h4-10H,3H2,1-2H3,(H,19,21)(H,20,22). The maximum absolute atomic E-state index is 12.1. The van der Waals surface area contributed by atoms with Gasteiger partial charge in [0.2, 0.25) is 0 Å². The molecule has 0 radical (unpaired) electrons. The monoisotopic (exact) mass is 337 g/mol. The number of hydrogen-bond donors (Lipinski definition) is 2. The van der Waals surface area contributed by atoms with Gasteiger partial charge < -0.3 is 10.6 Å². The Morgan fingerprint density at radius 2 is 1.86 bits per heavy atom. The van der Waals surface area contributed by atoms with Gasteiger partial charge in [0.15, 0.2) is 0 Å². The molecule has 6 heteroatoms. The van der Waals surface area contributed by atoms with Crippen molar-refractivity contribution in [2.24, 2.45) is 0 Å². The van der Waals surface area contributed by atoms with Gasteiger partial charge in [-0.05, 0) is 43.7 Å². The second-order valence-corrected chi connectivity index (χ2v) is 5.87. The maximum atomic E-state index is 12.1. The molecule has 2 N–H and O–H groups in total. The number of anilines is 2. The second kappa shape index (κ2) is 7.47. The van der Waals surface area contributed by atoms with Gasteiger partial charge in [-0.25, -0.2) is 0 Å². The normalized spacial score (nSPS) is 11.8. The molecule has 1 amide bonds. The number of carbonyl (C=O) groups is 1. The molecular formula is C16H17Cl2N3O. The number of aromatic nitrogens is 1. The van der Waals surface area contributed by atoms with E-state index < -0.39 is 0 Å². The highest BCUT2D eigenvalue weighted by Gasteiger charge is 2.10. The first kappa shape index (κ1) is 16.6. The number of benzene rings is 1. The van der Waals surface area contributed by atoms with Crippen molar-refractivity contribution in [2.45, 2.75) is 26.3 Å². The molecule has 0 fully saturated rings. The molecule has 0 saturated heterocycles. The van der Waals surface area contributed by atoms with Gasteiger partial charge in [0.1, 0.15) is 5.69 Å². The molecule has 116 valence electrons. The summed E-state index contributed by atoms with van der Waals surface area (Å²) in [6.07, 6.45) is 2.45. The molecular weight excluding hydrogens is 321 g/mol. The van der Waals surface area contributed by atoms with E-state index in [9.17, 15) is 4.79 Å². The largest absolute Gasteiger partial charge is 0.355 e. The highest BCUT2D eigenvalue weighted by atomic mass is 35.5. The van der Waals surface area contributed by atoms with Crippen LogP contribution >= 0.6 is 23.2 Å². The lowest BCUT2D eigenvalue weighted by molar-refractivity contribution is 0.0934. The number of carbonyl (C=O) groups excluding carboxylic acids is 1. The van der Waals surface area contributed by atoms with Crippen molar-refractivity contribution in [3.05, 3.63) is 52.3 Å². The molecule has 0 aliphatic rings. The lowest BCUT2D eigenvalue weighted by atomic mass is 10.2. The minimum atomic E-state index is -0.192. The Hall–Kier alpha value is -1.78. The number of nitrogens with zero attached hydrogens (tertiary/aromatic N) is 1. The topological polar surface area (TPSA) is 54.0 Å². The quantitative estimate of drug-likeness (QED) is 0.834. The van der Waals surface area contributed by atoms with E-state index >= 15 is 0 Å². The summed E-state index contributed by atoms with van der Waals surface area (Å²) in [6, 6.07) is 8.74. The van der Waals surface area contributed by atoms with Crippen LogP contribution in [0.4, 0.5) is 11.4 Å². The zero-order valence-corrected chi connectivity index (χ0v) is 13.9. The van der Waals surface area contributed by atoms with Gasteiger partial charge >= 0.3 is 0 Å². The van der Waals surface area contributed by atoms with Crippen LogP contribution in [-0.2, 0) is 0 Å². The van der Waals surface area contributed by atoms with E-state index in [0.29, 0.717) is 15.7 Å².